The lowest BCUT2D eigenvalue weighted by atomic mass is 9.89. The summed E-state index contributed by atoms with van der Waals surface area (Å²) in [5, 5.41) is 0.999. The molecule has 2 aromatic rings. The van der Waals surface area contributed by atoms with E-state index < -0.39 is 0 Å². The fourth-order valence-electron chi connectivity index (χ4n) is 4.05. The first-order valence-electron chi connectivity index (χ1n) is 9.25. The molecule has 2 aromatic heterocycles. The van der Waals surface area contributed by atoms with E-state index in [9.17, 15) is 4.79 Å². The summed E-state index contributed by atoms with van der Waals surface area (Å²) in [5.41, 5.74) is 14.7. The van der Waals surface area contributed by atoms with Crippen LogP contribution in [0.15, 0.2) is 0 Å². The number of carbonyl (C=O) groups excluding carboxylic acids is 1. The number of thiophene rings is 1. The number of nitrogens with zero attached hydrogens (tertiary/aromatic N) is 2. The molecule has 2 aliphatic rings. The van der Waals surface area contributed by atoms with Gasteiger partial charge in [0.05, 0.1) is 24.3 Å². The molecule has 7 heteroatoms. The first-order valence-corrected chi connectivity index (χ1v) is 10.1. The lowest BCUT2D eigenvalue weighted by Gasteiger charge is -2.36. The fourth-order valence-corrected chi connectivity index (χ4v) is 5.17. The van der Waals surface area contributed by atoms with Crippen LogP contribution in [0, 0.1) is 0 Å². The number of nitrogens with two attached hydrogens (primary N) is 2. The largest absolute Gasteiger partial charge is 0.397 e. The molecule has 140 valence electrons. The van der Waals surface area contributed by atoms with E-state index in [1.54, 1.807) is 0 Å². The molecule has 1 fully saturated rings. The minimum Gasteiger partial charge on any atom is -0.397 e. The van der Waals surface area contributed by atoms with E-state index >= 15 is 0 Å². The second kappa shape index (κ2) is 6.39. The zero-order valence-electron chi connectivity index (χ0n) is 15.4. The van der Waals surface area contributed by atoms with Gasteiger partial charge in [-0.25, -0.2) is 4.98 Å². The van der Waals surface area contributed by atoms with Crippen molar-refractivity contribution >= 4 is 39.0 Å². The molecular weight excluding hydrogens is 348 g/mol. The zero-order chi connectivity index (χ0) is 18.5. The molecule has 4 N–H and O–H groups in total. The van der Waals surface area contributed by atoms with E-state index in [0.717, 1.165) is 46.0 Å². The van der Waals surface area contributed by atoms with Crippen LogP contribution in [0.1, 0.15) is 49.1 Å². The summed E-state index contributed by atoms with van der Waals surface area (Å²) in [6.45, 7) is 6.83. The number of fused-ring (bicyclic) bond motifs is 3. The van der Waals surface area contributed by atoms with E-state index in [1.807, 2.05) is 0 Å². The number of hydrogen-bond acceptors (Lipinski definition) is 6. The van der Waals surface area contributed by atoms with Crippen molar-refractivity contribution in [2.24, 2.45) is 5.73 Å². The number of anilines is 2. The molecule has 0 unspecified atom stereocenters. The number of piperidine rings is 1. The van der Waals surface area contributed by atoms with E-state index in [-0.39, 0.29) is 17.9 Å². The molecule has 2 aliphatic heterocycles. The van der Waals surface area contributed by atoms with Crippen LogP contribution in [0.2, 0.25) is 0 Å². The predicted octanol–water partition coefficient (Wildman–Crippen LogP) is 2.75. The Balaban J connectivity index is 1.92. The van der Waals surface area contributed by atoms with Gasteiger partial charge in [0.15, 0.2) is 0 Å². The van der Waals surface area contributed by atoms with Gasteiger partial charge >= 0.3 is 0 Å². The van der Waals surface area contributed by atoms with Crippen molar-refractivity contribution in [2.45, 2.75) is 58.2 Å². The quantitative estimate of drug-likeness (QED) is 0.861. The fraction of sp³-hybridized carbons (Fsp3) is 0.579. The summed E-state index contributed by atoms with van der Waals surface area (Å²) >= 11 is 1.50. The summed E-state index contributed by atoms with van der Waals surface area (Å²) in [6.07, 6.45) is 4.62. The Bertz CT molecular complexity index is 868. The number of ether oxygens (including phenoxy) is 1. The minimum atomic E-state index is -0.364. The summed E-state index contributed by atoms with van der Waals surface area (Å²) in [7, 11) is 0. The second-order valence-corrected chi connectivity index (χ2v) is 9.01. The molecule has 6 nitrogen and oxygen atoms in total. The molecular formula is C19H26N4O2S. The van der Waals surface area contributed by atoms with Crippen molar-refractivity contribution in [3.63, 3.8) is 0 Å². The zero-order valence-corrected chi connectivity index (χ0v) is 16.2. The SMILES string of the molecule is CC1(C)Cc2c(c(N3CCCCC3)nc3sc(CC(N)=O)c(N)c23)CO1. The highest BCUT2D eigenvalue weighted by Gasteiger charge is 2.33. The summed E-state index contributed by atoms with van der Waals surface area (Å²) in [6, 6.07) is 0. The number of aromatic nitrogens is 1. The first kappa shape index (κ1) is 17.5. The molecule has 0 aromatic carbocycles. The van der Waals surface area contributed by atoms with Crippen molar-refractivity contribution in [1.82, 2.24) is 4.98 Å². The molecule has 0 atom stereocenters. The van der Waals surface area contributed by atoms with Crippen LogP contribution in [0.5, 0.6) is 0 Å². The van der Waals surface area contributed by atoms with E-state index in [2.05, 4.69) is 18.7 Å². The number of nitrogen functional groups attached to an aromatic ring is 1. The molecule has 1 saturated heterocycles. The van der Waals surface area contributed by atoms with Crippen molar-refractivity contribution < 1.29 is 9.53 Å². The van der Waals surface area contributed by atoms with Crippen LogP contribution < -0.4 is 16.4 Å². The maximum absolute atomic E-state index is 11.4. The minimum absolute atomic E-state index is 0.167. The normalized spacial score (nSPS) is 19.5. The third-order valence-corrected chi connectivity index (χ3v) is 6.45. The highest BCUT2D eigenvalue weighted by molar-refractivity contribution is 7.19. The number of carbonyl (C=O) groups is 1. The van der Waals surface area contributed by atoms with Gasteiger partial charge in [-0.05, 0) is 38.7 Å². The average Bonchev–Trinajstić information content (AvgIpc) is 2.89. The van der Waals surface area contributed by atoms with Gasteiger partial charge < -0.3 is 21.1 Å². The monoisotopic (exact) mass is 374 g/mol. The molecule has 26 heavy (non-hydrogen) atoms. The number of hydrogen-bond donors (Lipinski definition) is 2. The second-order valence-electron chi connectivity index (χ2n) is 7.93. The van der Waals surface area contributed by atoms with Crippen LogP contribution in [-0.4, -0.2) is 29.6 Å². The number of pyridine rings is 1. The highest BCUT2D eigenvalue weighted by Crippen LogP contribution is 2.43. The maximum Gasteiger partial charge on any atom is 0.222 e. The van der Waals surface area contributed by atoms with E-state index in [4.69, 9.17) is 21.2 Å². The van der Waals surface area contributed by atoms with Gasteiger partial charge in [-0.3, -0.25) is 4.79 Å². The molecule has 4 heterocycles. The summed E-state index contributed by atoms with van der Waals surface area (Å²) in [4.78, 5) is 20.5. The van der Waals surface area contributed by atoms with Crippen LogP contribution in [0.3, 0.4) is 0 Å². The average molecular weight is 375 g/mol. The van der Waals surface area contributed by atoms with Gasteiger partial charge in [0.2, 0.25) is 5.91 Å². The van der Waals surface area contributed by atoms with Gasteiger partial charge in [0.25, 0.3) is 0 Å². The smallest absolute Gasteiger partial charge is 0.222 e. The molecule has 0 radical (unpaired) electrons. The van der Waals surface area contributed by atoms with Crippen LogP contribution in [0.25, 0.3) is 10.2 Å². The molecule has 0 bridgehead atoms. The predicted molar refractivity (Wildman–Crippen MR) is 106 cm³/mol. The van der Waals surface area contributed by atoms with Crippen LogP contribution >= 0.6 is 11.3 Å². The Labute approximate surface area is 157 Å². The van der Waals surface area contributed by atoms with E-state index in [0.29, 0.717) is 12.3 Å². The number of rotatable bonds is 3. The van der Waals surface area contributed by atoms with Gasteiger partial charge in [-0.1, -0.05) is 0 Å². The van der Waals surface area contributed by atoms with Crippen LogP contribution in [-0.2, 0) is 29.0 Å². The van der Waals surface area contributed by atoms with Gasteiger partial charge in [0, 0.05) is 35.3 Å². The van der Waals surface area contributed by atoms with Crippen molar-refractivity contribution in [2.75, 3.05) is 23.7 Å². The molecule has 0 aliphatic carbocycles. The summed E-state index contributed by atoms with van der Waals surface area (Å²) < 4.78 is 6.11. The molecule has 4 rings (SSSR count). The Morgan fingerprint density at radius 3 is 2.69 bits per heavy atom. The third-order valence-electron chi connectivity index (χ3n) is 5.35. The lowest BCUT2D eigenvalue weighted by molar-refractivity contribution is -0.117. The summed E-state index contributed by atoms with van der Waals surface area (Å²) in [5.74, 6) is 0.673. The third kappa shape index (κ3) is 3.03. The maximum atomic E-state index is 11.4. The van der Waals surface area contributed by atoms with Crippen molar-refractivity contribution in [1.29, 1.82) is 0 Å². The van der Waals surface area contributed by atoms with Crippen LogP contribution in [0.4, 0.5) is 11.5 Å². The first-order chi connectivity index (χ1) is 12.4. The Kier molecular flexibility index (Phi) is 4.31. The lowest BCUT2D eigenvalue weighted by Crippen LogP contribution is -2.36. The molecule has 1 amide bonds. The Morgan fingerprint density at radius 2 is 2.00 bits per heavy atom. The highest BCUT2D eigenvalue weighted by atomic mass is 32.1. The number of amides is 1. The van der Waals surface area contributed by atoms with E-state index in [1.165, 1.54) is 36.2 Å². The van der Waals surface area contributed by atoms with Gasteiger partial charge in [0.1, 0.15) is 10.6 Å². The van der Waals surface area contributed by atoms with Crippen molar-refractivity contribution in [3.05, 3.63) is 16.0 Å². The Hall–Kier alpha value is -1.86. The molecule has 0 saturated carbocycles. The Morgan fingerprint density at radius 1 is 1.27 bits per heavy atom. The number of primary amides is 1. The van der Waals surface area contributed by atoms with Gasteiger partial charge in [-0.2, -0.15) is 0 Å². The van der Waals surface area contributed by atoms with Gasteiger partial charge in [-0.15, -0.1) is 11.3 Å². The van der Waals surface area contributed by atoms with Crippen molar-refractivity contribution in [3.8, 4) is 0 Å². The topological polar surface area (TPSA) is 94.5 Å². The standard InChI is InChI=1S/C19H26N4O2S/c1-19(2)9-11-12(10-25-19)17(23-6-4-3-5-7-23)22-18-15(11)16(21)13(26-18)8-14(20)24/h3-10,21H2,1-2H3,(H2,20,24). The molecule has 0 spiro atoms.